The second-order valence-corrected chi connectivity index (χ2v) is 5.30. The van der Waals surface area contributed by atoms with E-state index in [1.807, 2.05) is 0 Å². The SMILES string of the molecule is COC(=O)N1Cc2sc(N)c(C(N)=O)c2CN1C(=O)OC. The molecule has 2 rings (SSSR count). The monoisotopic (exact) mass is 314 g/mol. The van der Waals surface area contributed by atoms with Gasteiger partial charge in [0.25, 0.3) is 5.91 Å². The molecule has 0 bridgehead atoms. The minimum Gasteiger partial charge on any atom is -0.452 e. The average Bonchev–Trinajstić information content (AvgIpc) is 2.79. The summed E-state index contributed by atoms with van der Waals surface area (Å²) in [7, 11) is 2.38. The summed E-state index contributed by atoms with van der Waals surface area (Å²) in [4.78, 5) is 35.7. The lowest BCUT2D eigenvalue weighted by molar-refractivity contribution is -0.0281. The number of carbonyl (C=O) groups is 3. The fourth-order valence-electron chi connectivity index (χ4n) is 2.09. The number of nitrogens with two attached hydrogens (primary N) is 2. The van der Waals surface area contributed by atoms with Crippen LogP contribution in [0.2, 0.25) is 0 Å². The fraction of sp³-hybridized carbons (Fsp3) is 0.364. The van der Waals surface area contributed by atoms with Crippen LogP contribution in [0.1, 0.15) is 20.8 Å². The van der Waals surface area contributed by atoms with Gasteiger partial charge in [-0.3, -0.25) is 4.79 Å². The molecule has 0 spiro atoms. The molecular formula is C11H14N4O5S. The molecule has 0 saturated carbocycles. The number of nitrogen functional groups attached to an aromatic ring is 1. The van der Waals surface area contributed by atoms with Crippen LogP contribution in [0.15, 0.2) is 0 Å². The number of hydrogen-bond acceptors (Lipinski definition) is 7. The van der Waals surface area contributed by atoms with Crippen molar-refractivity contribution in [3.63, 3.8) is 0 Å². The summed E-state index contributed by atoms with van der Waals surface area (Å²) >= 11 is 1.15. The summed E-state index contributed by atoms with van der Waals surface area (Å²) in [5.41, 5.74) is 11.8. The highest BCUT2D eigenvalue weighted by Crippen LogP contribution is 2.36. The van der Waals surface area contributed by atoms with E-state index in [1.54, 1.807) is 0 Å². The Bertz CT molecular complexity index is 614. The molecule has 0 saturated heterocycles. The zero-order valence-corrected chi connectivity index (χ0v) is 12.2. The lowest BCUT2D eigenvalue weighted by Crippen LogP contribution is -2.51. The van der Waals surface area contributed by atoms with Crippen molar-refractivity contribution in [1.82, 2.24) is 10.0 Å². The quantitative estimate of drug-likeness (QED) is 0.776. The van der Waals surface area contributed by atoms with Gasteiger partial charge < -0.3 is 20.9 Å². The van der Waals surface area contributed by atoms with Crippen LogP contribution >= 0.6 is 11.3 Å². The number of anilines is 1. The van der Waals surface area contributed by atoms with Crippen molar-refractivity contribution in [1.29, 1.82) is 0 Å². The molecule has 1 aliphatic rings. The number of amides is 3. The van der Waals surface area contributed by atoms with Crippen LogP contribution in [0.25, 0.3) is 0 Å². The maximum atomic E-state index is 11.8. The Morgan fingerprint density at radius 2 is 1.62 bits per heavy atom. The number of carbonyl (C=O) groups excluding carboxylic acids is 3. The highest BCUT2D eigenvalue weighted by molar-refractivity contribution is 7.16. The summed E-state index contributed by atoms with van der Waals surface area (Å²) in [6, 6.07) is 0. The maximum absolute atomic E-state index is 11.8. The molecule has 9 nitrogen and oxygen atoms in total. The molecule has 3 amide bonds. The van der Waals surface area contributed by atoms with Crippen LogP contribution in [-0.4, -0.2) is 42.3 Å². The first-order chi connectivity index (χ1) is 9.90. The van der Waals surface area contributed by atoms with E-state index >= 15 is 0 Å². The van der Waals surface area contributed by atoms with E-state index in [0.717, 1.165) is 21.4 Å². The van der Waals surface area contributed by atoms with Crippen LogP contribution in [-0.2, 0) is 22.6 Å². The molecule has 10 heteroatoms. The van der Waals surface area contributed by atoms with Crippen LogP contribution in [0.4, 0.5) is 14.6 Å². The van der Waals surface area contributed by atoms with Crippen molar-refractivity contribution in [2.45, 2.75) is 13.1 Å². The Hall–Kier alpha value is -2.49. The first-order valence-corrected chi connectivity index (χ1v) is 6.63. The molecule has 0 radical (unpaired) electrons. The first kappa shape index (κ1) is 14.9. The highest BCUT2D eigenvalue weighted by atomic mass is 32.1. The largest absolute Gasteiger partial charge is 0.452 e. The molecule has 1 aliphatic heterocycles. The lowest BCUT2D eigenvalue weighted by atomic mass is 10.1. The van der Waals surface area contributed by atoms with E-state index in [9.17, 15) is 14.4 Å². The van der Waals surface area contributed by atoms with Gasteiger partial charge in [-0.1, -0.05) is 0 Å². The smallest absolute Gasteiger partial charge is 0.429 e. The number of hydrazine groups is 1. The molecule has 0 atom stereocenters. The predicted molar refractivity (Wildman–Crippen MR) is 73.1 cm³/mol. The topological polar surface area (TPSA) is 128 Å². The molecule has 114 valence electrons. The molecular weight excluding hydrogens is 300 g/mol. The van der Waals surface area contributed by atoms with Crippen molar-refractivity contribution >= 4 is 34.4 Å². The summed E-state index contributed by atoms with van der Waals surface area (Å²) in [5.74, 6) is -0.679. The first-order valence-electron chi connectivity index (χ1n) is 5.81. The van der Waals surface area contributed by atoms with E-state index in [-0.39, 0.29) is 23.7 Å². The van der Waals surface area contributed by atoms with Crippen LogP contribution in [0.5, 0.6) is 0 Å². The summed E-state index contributed by atoms with van der Waals surface area (Å²) in [6.07, 6.45) is -1.48. The second-order valence-electron chi connectivity index (χ2n) is 4.16. The number of ether oxygens (including phenoxy) is 2. The van der Waals surface area contributed by atoms with Gasteiger partial charge in [0.1, 0.15) is 0 Å². The number of primary amides is 1. The van der Waals surface area contributed by atoms with E-state index in [4.69, 9.17) is 11.5 Å². The summed E-state index contributed by atoms with van der Waals surface area (Å²) < 4.78 is 9.26. The van der Waals surface area contributed by atoms with Crippen LogP contribution in [0.3, 0.4) is 0 Å². The van der Waals surface area contributed by atoms with Gasteiger partial charge in [-0.2, -0.15) is 0 Å². The van der Waals surface area contributed by atoms with E-state index in [0.29, 0.717) is 10.4 Å². The van der Waals surface area contributed by atoms with Gasteiger partial charge in [0, 0.05) is 10.4 Å². The van der Waals surface area contributed by atoms with Gasteiger partial charge in [-0.05, 0) is 0 Å². The second kappa shape index (κ2) is 5.48. The maximum Gasteiger partial charge on any atom is 0.429 e. The normalized spacial score (nSPS) is 13.6. The third-order valence-corrected chi connectivity index (χ3v) is 4.07. The van der Waals surface area contributed by atoms with Crippen LogP contribution in [0, 0.1) is 0 Å². The van der Waals surface area contributed by atoms with E-state index in [1.165, 1.54) is 14.2 Å². The molecule has 21 heavy (non-hydrogen) atoms. The number of methoxy groups -OCH3 is 2. The van der Waals surface area contributed by atoms with Crippen molar-refractivity contribution in [3.05, 3.63) is 16.0 Å². The number of hydrogen-bond donors (Lipinski definition) is 2. The van der Waals surface area contributed by atoms with Gasteiger partial charge >= 0.3 is 12.2 Å². The standard InChI is InChI=1S/C11H14N4O5S/c1-19-10(17)14-3-5-6(4-15(14)11(18)20-2)21-9(13)7(5)8(12)16/h3-4,13H2,1-2H3,(H2,12,16). The number of nitrogens with zero attached hydrogens (tertiary/aromatic N) is 2. The minimum absolute atomic E-state index is 0.0409. The van der Waals surface area contributed by atoms with Gasteiger partial charge in [0.2, 0.25) is 0 Å². The average molecular weight is 314 g/mol. The number of rotatable bonds is 1. The van der Waals surface area contributed by atoms with Gasteiger partial charge in [0.15, 0.2) is 0 Å². The third-order valence-electron chi connectivity index (χ3n) is 3.03. The predicted octanol–water partition coefficient (Wildman–Crippen LogP) is 0.495. The Morgan fingerprint density at radius 3 is 2.10 bits per heavy atom. The number of thiophene rings is 1. The summed E-state index contributed by atoms with van der Waals surface area (Å²) in [5, 5.41) is 2.37. The van der Waals surface area contributed by atoms with Gasteiger partial charge in [0.05, 0.1) is 37.9 Å². The summed E-state index contributed by atoms with van der Waals surface area (Å²) in [6.45, 7) is -0.0116. The fourth-order valence-corrected chi connectivity index (χ4v) is 3.16. The van der Waals surface area contributed by atoms with Crippen LogP contribution < -0.4 is 11.5 Å². The van der Waals surface area contributed by atoms with Crippen molar-refractivity contribution in [2.75, 3.05) is 20.0 Å². The molecule has 1 aromatic heterocycles. The highest BCUT2D eigenvalue weighted by Gasteiger charge is 2.36. The van der Waals surface area contributed by atoms with E-state index in [2.05, 4.69) is 9.47 Å². The Morgan fingerprint density at radius 1 is 1.10 bits per heavy atom. The molecule has 0 fully saturated rings. The zero-order valence-electron chi connectivity index (χ0n) is 11.4. The molecule has 4 N–H and O–H groups in total. The Balaban J connectivity index is 2.47. The number of fused-ring (bicyclic) bond motifs is 1. The minimum atomic E-state index is -0.758. The third kappa shape index (κ3) is 2.44. The Kier molecular flexibility index (Phi) is 3.89. The molecule has 1 aromatic rings. The van der Waals surface area contributed by atoms with Crippen molar-refractivity contribution in [3.8, 4) is 0 Å². The molecule has 0 aromatic carbocycles. The van der Waals surface area contributed by atoms with E-state index < -0.39 is 18.1 Å². The van der Waals surface area contributed by atoms with Crippen molar-refractivity contribution < 1.29 is 23.9 Å². The molecule has 0 unspecified atom stereocenters. The van der Waals surface area contributed by atoms with Gasteiger partial charge in [-0.15, -0.1) is 11.3 Å². The van der Waals surface area contributed by atoms with Gasteiger partial charge in [-0.25, -0.2) is 19.6 Å². The molecule has 0 aliphatic carbocycles. The molecule has 2 heterocycles. The zero-order chi connectivity index (χ0) is 15.7. The van der Waals surface area contributed by atoms with Crippen molar-refractivity contribution in [2.24, 2.45) is 5.73 Å². The Labute approximate surface area is 124 Å². The lowest BCUT2D eigenvalue weighted by Gasteiger charge is -2.35.